The summed E-state index contributed by atoms with van der Waals surface area (Å²) in [5, 5.41) is 3.72. The standard InChI is InChI=1S/C30H32O2P2/c31-33(27-17-7-3-8-18-27,28-19-9-4-10-20-28)25-15-1-2-16-26-34(32,29-21-11-5-12-22-29)30-23-13-6-14-24-30/h3-14,17-24H,1-2,15-16,25-26H2. The van der Waals surface area contributed by atoms with Crippen molar-refractivity contribution in [3.05, 3.63) is 121 Å². The maximum Gasteiger partial charge on any atom is 0.143 e. The summed E-state index contributed by atoms with van der Waals surface area (Å²) in [6.45, 7) is 0. The average molecular weight is 487 g/mol. The number of hydrogen-bond donors (Lipinski definition) is 0. The van der Waals surface area contributed by atoms with E-state index in [9.17, 15) is 9.13 Å². The van der Waals surface area contributed by atoms with E-state index < -0.39 is 14.3 Å². The van der Waals surface area contributed by atoms with Crippen LogP contribution in [-0.4, -0.2) is 12.3 Å². The van der Waals surface area contributed by atoms with E-state index in [2.05, 4.69) is 0 Å². The molecule has 0 saturated carbocycles. The van der Waals surface area contributed by atoms with E-state index in [0.29, 0.717) is 12.3 Å². The normalized spacial score (nSPS) is 11.9. The van der Waals surface area contributed by atoms with Gasteiger partial charge in [0.2, 0.25) is 0 Å². The van der Waals surface area contributed by atoms with Crippen molar-refractivity contribution in [2.24, 2.45) is 0 Å². The van der Waals surface area contributed by atoms with Gasteiger partial charge in [-0.2, -0.15) is 0 Å². The highest BCUT2D eigenvalue weighted by Crippen LogP contribution is 2.46. The first-order chi connectivity index (χ1) is 16.6. The van der Waals surface area contributed by atoms with E-state index in [1.807, 2.05) is 121 Å². The minimum absolute atomic E-state index is 0.663. The Kier molecular flexibility index (Phi) is 8.39. The Labute approximate surface area is 203 Å². The van der Waals surface area contributed by atoms with Gasteiger partial charge in [-0.05, 0) is 12.8 Å². The van der Waals surface area contributed by atoms with Gasteiger partial charge in [-0.15, -0.1) is 0 Å². The van der Waals surface area contributed by atoms with Crippen LogP contribution in [0.15, 0.2) is 121 Å². The number of benzene rings is 4. The molecule has 4 aromatic rings. The SMILES string of the molecule is O=P(CCCCCCP(=O)(c1ccccc1)c1ccccc1)(c1ccccc1)c1ccccc1. The fourth-order valence-corrected chi connectivity index (χ4v) is 10.1. The summed E-state index contributed by atoms with van der Waals surface area (Å²) >= 11 is 0. The molecule has 4 aromatic carbocycles. The molecule has 0 N–H and O–H groups in total. The summed E-state index contributed by atoms with van der Waals surface area (Å²) in [5.74, 6) is 0. The highest BCUT2D eigenvalue weighted by Gasteiger charge is 2.27. The molecule has 4 rings (SSSR count). The van der Waals surface area contributed by atoms with Crippen LogP contribution in [-0.2, 0) is 9.13 Å². The van der Waals surface area contributed by atoms with Gasteiger partial charge in [0.05, 0.1) is 0 Å². The second-order valence-electron chi connectivity index (χ2n) is 8.68. The molecule has 0 heterocycles. The lowest BCUT2D eigenvalue weighted by molar-refractivity contribution is 0.578. The largest absolute Gasteiger partial charge is 0.314 e. The molecule has 174 valence electrons. The maximum atomic E-state index is 14.1. The maximum absolute atomic E-state index is 14.1. The zero-order valence-corrected chi connectivity index (χ0v) is 21.3. The van der Waals surface area contributed by atoms with E-state index in [1.54, 1.807) is 0 Å². The van der Waals surface area contributed by atoms with Crippen LogP contribution in [0, 0.1) is 0 Å². The van der Waals surface area contributed by atoms with Gasteiger partial charge >= 0.3 is 0 Å². The number of rotatable bonds is 11. The molecule has 0 unspecified atom stereocenters. The third kappa shape index (κ3) is 5.69. The second-order valence-corrected chi connectivity index (χ2v) is 14.6. The quantitative estimate of drug-likeness (QED) is 0.177. The van der Waals surface area contributed by atoms with Crippen molar-refractivity contribution in [3.63, 3.8) is 0 Å². The Morgan fingerprint density at radius 2 is 0.588 bits per heavy atom. The second kappa shape index (κ2) is 11.7. The van der Waals surface area contributed by atoms with Gasteiger partial charge in [0.15, 0.2) is 0 Å². The van der Waals surface area contributed by atoms with Gasteiger partial charge in [-0.3, -0.25) is 0 Å². The van der Waals surface area contributed by atoms with Crippen LogP contribution in [0.2, 0.25) is 0 Å². The minimum atomic E-state index is -2.66. The molecule has 2 nitrogen and oxygen atoms in total. The summed E-state index contributed by atoms with van der Waals surface area (Å²) in [5.41, 5.74) is 0. The van der Waals surface area contributed by atoms with Crippen molar-refractivity contribution >= 4 is 35.5 Å². The molecule has 0 fully saturated rings. The van der Waals surface area contributed by atoms with Gasteiger partial charge < -0.3 is 9.13 Å². The molecule has 0 aliphatic carbocycles. The summed E-state index contributed by atoms with van der Waals surface area (Å²) in [4.78, 5) is 0. The van der Waals surface area contributed by atoms with Crippen LogP contribution >= 0.6 is 14.3 Å². The van der Waals surface area contributed by atoms with Crippen molar-refractivity contribution in [3.8, 4) is 0 Å². The first-order valence-corrected chi connectivity index (χ1v) is 15.8. The Morgan fingerprint density at radius 3 is 0.824 bits per heavy atom. The zero-order valence-electron chi connectivity index (χ0n) is 19.5. The highest BCUT2D eigenvalue weighted by atomic mass is 31.2. The zero-order chi connectivity index (χ0) is 23.7. The van der Waals surface area contributed by atoms with Crippen LogP contribution in [0.5, 0.6) is 0 Å². The molecule has 34 heavy (non-hydrogen) atoms. The van der Waals surface area contributed by atoms with Crippen molar-refractivity contribution < 1.29 is 9.13 Å². The lowest BCUT2D eigenvalue weighted by atomic mass is 10.2. The first-order valence-electron chi connectivity index (χ1n) is 12.0. The molecular weight excluding hydrogens is 454 g/mol. The molecule has 0 aliphatic rings. The highest BCUT2D eigenvalue weighted by molar-refractivity contribution is 7.79. The van der Waals surface area contributed by atoms with Crippen LogP contribution in [0.1, 0.15) is 25.7 Å². The van der Waals surface area contributed by atoms with E-state index in [4.69, 9.17) is 0 Å². The molecule has 0 amide bonds. The third-order valence-corrected chi connectivity index (χ3v) is 12.8. The van der Waals surface area contributed by atoms with Crippen LogP contribution in [0.3, 0.4) is 0 Å². The van der Waals surface area contributed by atoms with E-state index in [0.717, 1.165) is 46.9 Å². The van der Waals surface area contributed by atoms with Crippen molar-refractivity contribution in [2.75, 3.05) is 12.3 Å². The molecule has 0 saturated heterocycles. The topological polar surface area (TPSA) is 34.1 Å². The lowest BCUT2D eigenvalue weighted by Crippen LogP contribution is -2.19. The smallest absolute Gasteiger partial charge is 0.143 e. The van der Waals surface area contributed by atoms with Gasteiger partial charge in [0, 0.05) is 33.5 Å². The van der Waals surface area contributed by atoms with Crippen LogP contribution < -0.4 is 21.2 Å². The fraction of sp³-hybridized carbons (Fsp3) is 0.200. The predicted molar refractivity (Wildman–Crippen MR) is 148 cm³/mol. The molecule has 0 atom stereocenters. The summed E-state index contributed by atoms with van der Waals surface area (Å²) in [7, 11) is -5.31. The summed E-state index contributed by atoms with van der Waals surface area (Å²) in [6, 6.07) is 39.5. The van der Waals surface area contributed by atoms with Crippen LogP contribution in [0.25, 0.3) is 0 Å². The van der Waals surface area contributed by atoms with Crippen molar-refractivity contribution in [1.82, 2.24) is 0 Å². The first kappa shape index (κ1) is 24.5. The molecule has 0 aromatic heterocycles. The van der Waals surface area contributed by atoms with E-state index in [1.165, 1.54) is 0 Å². The number of unbranched alkanes of at least 4 members (excludes halogenated alkanes) is 3. The molecule has 4 heteroatoms. The Hall–Kier alpha value is -2.66. The summed E-state index contributed by atoms with van der Waals surface area (Å²) < 4.78 is 28.3. The fourth-order valence-electron chi connectivity index (χ4n) is 4.51. The van der Waals surface area contributed by atoms with Crippen molar-refractivity contribution in [1.29, 1.82) is 0 Å². The van der Waals surface area contributed by atoms with Gasteiger partial charge in [0.25, 0.3) is 0 Å². The Morgan fingerprint density at radius 1 is 0.353 bits per heavy atom. The summed E-state index contributed by atoms with van der Waals surface area (Å²) in [6.07, 6.45) is 5.07. The van der Waals surface area contributed by atoms with Gasteiger partial charge in [-0.25, -0.2) is 0 Å². The Bertz CT molecular complexity index is 1050. The van der Waals surface area contributed by atoms with Gasteiger partial charge in [0.1, 0.15) is 14.3 Å². The average Bonchev–Trinajstić information content (AvgIpc) is 2.92. The molecule has 0 aliphatic heterocycles. The lowest BCUT2D eigenvalue weighted by Gasteiger charge is -2.20. The minimum Gasteiger partial charge on any atom is -0.314 e. The third-order valence-electron chi connectivity index (χ3n) is 6.39. The van der Waals surface area contributed by atoms with E-state index in [-0.39, 0.29) is 0 Å². The Balaban J connectivity index is 1.39. The molecule has 0 radical (unpaired) electrons. The molecule has 0 spiro atoms. The monoisotopic (exact) mass is 486 g/mol. The van der Waals surface area contributed by atoms with Gasteiger partial charge in [-0.1, -0.05) is 134 Å². The molecule has 0 bridgehead atoms. The van der Waals surface area contributed by atoms with Crippen molar-refractivity contribution in [2.45, 2.75) is 25.7 Å². The van der Waals surface area contributed by atoms with E-state index >= 15 is 0 Å². The number of hydrogen-bond acceptors (Lipinski definition) is 2. The molecular formula is C30H32O2P2. The van der Waals surface area contributed by atoms with Crippen LogP contribution in [0.4, 0.5) is 0 Å². The predicted octanol–water partition coefficient (Wildman–Crippen LogP) is 6.58.